The zero-order valence-electron chi connectivity index (χ0n) is 17.2. The van der Waals surface area contributed by atoms with Crippen molar-refractivity contribution in [1.82, 2.24) is 14.9 Å². The van der Waals surface area contributed by atoms with Crippen molar-refractivity contribution in [2.75, 3.05) is 0 Å². The van der Waals surface area contributed by atoms with E-state index in [9.17, 15) is 9.90 Å². The third kappa shape index (κ3) is 5.94. The molecule has 0 aliphatic heterocycles. The zero-order valence-corrected chi connectivity index (χ0v) is 18.0. The number of aryl methyl sites for hydroxylation is 1. The topological polar surface area (TPSA) is 67.2 Å². The lowest BCUT2D eigenvalue weighted by molar-refractivity contribution is -0.139. The molecule has 0 spiro atoms. The first kappa shape index (κ1) is 22.1. The van der Waals surface area contributed by atoms with E-state index in [-0.39, 0.29) is 0 Å². The van der Waals surface area contributed by atoms with Gasteiger partial charge in [-0.25, -0.2) is 4.98 Å². The van der Waals surface area contributed by atoms with E-state index in [1.54, 1.807) is 0 Å². The van der Waals surface area contributed by atoms with E-state index < -0.39 is 12.0 Å². The second kappa shape index (κ2) is 11.0. The number of rotatable bonds is 11. The van der Waals surface area contributed by atoms with E-state index in [0.717, 1.165) is 41.9 Å². The lowest BCUT2D eigenvalue weighted by Gasteiger charge is -2.18. The fourth-order valence-corrected chi connectivity index (χ4v) is 3.63. The van der Waals surface area contributed by atoms with Crippen LogP contribution in [0.4, 0.5) is 0 Å². The molecular weight excluding hydrogens is 398 g/mol. The molecule has 0 saturated carbocycles. The molecule has 1 atom stereocenters. The number of nitrogens with one attached hydrogen (secondary N) is 1. The van der Waals surface area contributed by atoms with Crippen LogP contribution in [-0.2, 0) is 30.7 Å². The highest BCUT2D eigenvalue weighted by molar-refractivity contribution is 6.31. The highest BCUT2D eigenvalue weighted by Crippen LogP contribution is 2.20. The maximum Gasteiger partial charge on any atom is 0.321 e. The van der Waals surface area contributed by atoms with Gasteiger partial charge in [-0.3, -0.25) is 10.1 Å². The largest absolute Gasteiger partial charge is 0.480 e. The van der Waals surface area contributed by atoms with Gasteiger partial charge in [-0.2, -0.15) is 0 Å². The summed E-state index contributed by atoms with van der Waals surface area (Å²) in [4.78, 5) is 16.5. The predicted octanol–water partition coefficient (Wildman–Crippen LogP) is 4.71. The van der Waals surface area contributed by atoms with Gasteiger partial charge in [0.2, 0.25) is 0 Å². The zero-order chi connectivity index (χ0) is 21.3. The van der Waals surface area contributed by atoms with E-state index >= 15 is 0 Å². The molecule has 30 heavy (non-hydrogen) atoms. The molecule has 0 amide bonds. The predicted molar refractivity (Wildman–Crippen MR) is 120 cm³/mol. The van der Waals surface area contributed by atoms with Gasteiger partial charge in [-0.05, 0) is 23.6 Å². The molecule has 1 unspecified atom stereocenters. The second-order valence-electron chi connectivity index (χ2n) is 7.41. The molecule has 6 heteroatoms. The molecule has 0 bridgehead atoms. The van der Waals surface area contributed by atoms with Crippen LogP contribution in [0.25, 0.3) is 0 Å². The molecule has 3 aromatic rings. The highest BCUT2D eigenvalue weighted by Gasteiger charge is 2.21. The summed E-state index contributed by atoms with van der Waals surface area (Å²) < 4.78 is 2.12. The van der Waals surface area contributed by atoms with Gasteiger partial charge in [0.25, 0.3) is 0 Å². The van der Waals surface area contributed by atoms with Gasteiger partial charge in [0.05, 0.1) is 6.54 Å². The summed E-state index contributed by atoms with van der Waals surface area (Å²) in [6, 6.07) is 16.9. The van der Waals surface area contributed by atoms with Crippen molar-refractivity contribution in [3.05, 3.63) is 88.5 Å². The Morgan fingerprint density at radius 1 is 1.17 bits per heavy atom. The van der Waals surface area contributed by atoms with Crippen LogP contribution >= 0.6 is 11.6 Å². The summed E-state index contributed by atoms with van der Waals surface area (Å²) in [7, 11) is 0. The van der Waals surface area contributed by atoms with Crippen molar-refractivity contribution in [2.45, 2.75) is 51.7 Å². The van der Waals surface area contributed by atoms with Crippen LogP contribution in [0.15, 0.2) is 60.8 Å². The molecule has 2 N–H and O–H groups in total. The molecular formula is C24H28ClN3O2. The Morgan fingerprint density at radius 3 is 2.60 bits per heavy atom. The SMILES string of the molecule is CCCCc1ncc(CC(NCc2ccccc2)C(=O)O)n1Cc1ccccc1Cl. The van der Waals surface area contributed by atoms with Crippen molar-refractivity contribution >= 4 is 17.6 Å². The van der Waals surface area contributed by atoms with Gasteiger partial charge in [-0.1, -0.05) is 73.5 Å². The normalized spacial score (nSPS) is 12.1. The Bertz CT molecular complexity index is 956. The van der Waals surface area contributed by atoms with Crippen molar-refractivity contribution in [1.29, 1.82) is 0 Å². The van der Waals surface area contributed by atoms with Crippen LogP contribution in [0, 0.1) is 0 Å². The first-order chi connectivity index (χ1) is 14.6. The number of unbranched alkanes of at least 4 members (excludes halogenated alkanes) is 1. The minimum atomic E-state index is -0.869. The Hall–Kier alpha value is -2.63. The van der Waals surface area contributed by atoms with Crippen molar-refractivity contribution < 1.29 is 9.90 Å². The second-order valence-corrected chi connectivity index (χ2v) is 7.82. The Morgan fingerprint density at radius 2 is 1.90 bits per heavy atom. The average molecular weight is 426 g/mol. The molecule has 1 heterocycles. The molecule has 3 rings (SSSR count). The van der Waals surface area contributed by atoms with Gasteiger partial charge in [-0.15, -0.1) is 0 Å². The first-order valence-electron chi connectivity index (χ1n) is 10.3. The molecule has 0 fully saturated rings. The summed E-state index contributed by atoms with van der Waals surface area (Å²) >= 11 is 6.38. The number of hydrogen-bond donors (Lipinski definition) is 2. The average Bonchev–Trinajstić information content (AvgIpc) is 3.12. The van der Waals surface area contributed by atoms with E-state index in [1.165, 1.54) is 0 Å². The lowest BCUT2D eigenvalue weighted by atomic mass is 10.1. The smallest absolute Gasteiger partial charge is 0.321 e. The van der Waals surface area contributed by atoms with Crippen molar-refractivity contribution in [3.8, 4) is 0 Å². The van der Waals surface area contributed by atoms with Crippen LogP contribution < -0.4 is 5.32 Å². The van der Waals surface area contributed by atoms with Gasteiger partial charge >= 0.3 is 5.97 Å². The number of hydrogen-bond acceptors (Lipinski definition) is 3. The number of benzene rings is 2. The Labute approximate surface area is 182 Å². The third-order valence-electron chi connectivity index (χ3n) is 5.17. The summed E-state index contributed by atoms with van der Waals surface area (Å²) in [5.74, 6) is 0.102. The van der Waals surface area contributed by atoms with E-state index in [0.29, 0.717) is 24.5 Å². The van der Waals surface area contributed by atoms with Crippen molar-refractivity contribution in [2.24, 2.45) is 0 Å². The van der Waals surface area contributed by atoms with Crippen LogP contribution in [0.5, 0.6) is 0 Å². The highest BCUT2D eigenvalue weighted by atomic mass is 35.5. The number of halogens is 1. The number of carbonyl (C=O) groups is 1. The minimum absolute atomic E-state index is 0.353. The summed E-state index contributed by atoms with van der Waals surface area (Å²) in [6.45, 7) is 3.23. The number of carboxylic acids is 1. The van der Waals surface area contributed by atoms with E-state index in [4.69, 9.17) is 11.6 Å². The molecule has 0 aliphatic carbocycles. The Kier molecular flexibility index (Phi) is 8.05. The summed E-state index contributed by atoms with van der Waals surface area (Å²) in [5.41, 5.74) is 2.95. The van der Waals surface area contributed by atoms with Gasteiger partial charge < -0.3 is 9.67 Å². The van der Waals surface area contributed by atoms with Gasteiger partial charge in [0.15, 0.2) is 0 Å². The fourth-order valence-electron chi connectivity index (χ4n) is 3.43. The molecule has 5 nitrogen and oxygen atoms in total. The summed E-state index contributed by atoms with van der Waals surface area (Å²) in [6.07, 6.45) is 5.13. The molecule has 0 aliphatic rings. The van der Waals surface area contributed by atoms with Crippen LogP contribution in [-0.4, -0.2) is 26.7 Å². The number of imidazole rings is 1. The first-order valence-corrected chi connectivity index (χ1v) is 10.7. The lowest BCUT2D eigenvalue weighted by Crippen LogP contribution is -2.38. The number of aliphatic carboxylic acids is 1. The molecule has 2 aromatic carbocycles. The van der Waals surface area contributed by atoms with Crippen LogP contribution in [0.2, 0.25) is 5.02 Å². The monoisotopic (exact) mass is 425 g/mol. The van der Waals surface area contributed by atoms with Crippen LogP contribution in [0.1, 0.15) is 42.4 Å². The van der Waals surface area contributed by atoms with Crippen molar-refractivity contribution in [3.63, 3.8) is 0 Å². The minimum Gasteiger partial charge on any atom is -0.480 e. The third-order valence-corrected chi connectivity index (χ3v) is 5.54. The number of carboxylic acid groups (broad SMARTS) is 1. The number of nitrogens with zero attached hydrogens (tertiary/aromatic N) is 2. The standard InChI is InChI=1S/C24H28ClN3O2/c1-2-3-13-23-27-16-20(28(23)17-19-11-7-8-12-21(19)25)14-22(24(29)30)26-15-18-9-5-4-6-10-18/h4-12,16,22,26H,2-3,13-15,17H2,1H3,(H,29,30). The molecule has 0 saturated heterocycles. The summed E-state index contributed by atoms with van der Waals surface area (Å²) in [5, 5.41) is 13.6. The maximum absolute atomic E-state index is 11.9. The molecule has 158 valence electrons. The maximum atomic E-state index is 11.9. The van der Waals surface area contributed by atoms with Gasteiger partial charge in [0.1, 0.15) is 11.9 Å². The number of aromatic nitrogens is 2. The fraction of sp³-hybridized carbons (Fsp3) is 0.333. The quantitative estimate of drug-likeness (QED) is 0.466. The molecule has 1 aromatic heterocycles. The van der Waals surface area contributed by atoms with Crippen LogP contribution in [0.3, 0.4) is 0 Å². The van der Waals surface area contributed by atoms with E-state index in [2.05, 4.69) is 21.8 Å². The Balaban J connectivity index is 1.81. The van der Waals surface area contributed by atoms with Gasteiger partial charge in [0, 0.05) is 36.3 Å². The molecule has 0 radical (unpaired) electrons. The van der Waals surface area contributed by atoms with E-state index in [1.807, 2.05) is 60.8 Å².